The summed E-state index contributed by atoms with van der Waals surface area (Å²) in [6.07, 6.45) is 9.22. The summed E-state index contributed by atoms with van der Waals surface area (Å²) in [5, 5.41) is 5.68. The number of likely N-dealkylation sites (tertiary alicyclic amines) is 1. The Morgan fingerprint density at radius 2 is 1.83 bits per heavy atom. The number of carbonyl (C=O) groups excluding carboxylic acids is 2. The maximum absolute atomic E-state index is 13.8. The molecule has 6 heterocycles. The first-order chi connectivity index (χ1) is 22.4. The molecule has 12 heteroatoms. The molecule has 1 saturated heterocycles. The quantitative estimate of drug-likeness (QED) is 0.183. The molecule has 232 valence electrons. The number of carbonyl (C=O) groups is 2. The lowest BCUT2D eigenvalue weighted by Gasteiger charge is -2.33. The number of halogens is 1. The molecule has 5 aromatic heterocycles. The van der Waals surface area contributed by atoms with Crippen molar-refractivity contribution in [2.24, 2.45) is 0 Å². The minimum Gasteiger partial charge on any atom is -0.343 e. The second-order valence-corrected chi connectivity index (χ2v) is 12.3. The van der Waals surface area contributed by atoms with E-state index in [1.165, 1.54) is 23.5 Å². The lowest BCUT2D eigenvalue weighted by atomic mass is 10.0. The van der Waals surface area contributed by atoms with Crippen LogP contribution in [0.5, 0.6) is 0 Å². The normalized spacial score (nSPS) is 13.8. The molecule has 1 amide bonds. The lowest BCUT2D eigenvalue weighted by Crippen LogP contribution is -2.38. The zero-order chi connectivity index (χ0) is 31.8. The summed E-state index contributed by atoms with van der Waals surface area (Å²) >= 11 is 1.36. The second-order valence-electron chi connectivity index (χ2n) is 11.4. The fraction of sp³-hybridized carbons (Fsp3) is 0.265. The Balaban J connectivity index is 1.19. The number of aryl methyl sites for hydroxylation is 1. The van der Waals surface area contributed by atoms with Gasteiger partial charge in [-0.1, -0.05) is 6.92 Å². The summed E-state index contributed by atoms with van der Waals surface area (Å²) in [6.45, 7) is 5.08. The minimum atomic E-state index is -0.320. The number of pyridine rings is 1. The Labute approximate surface area is 268 Å². The number of amides is 1. The highest BCUT2D eigenvalue weighted by Crippen LogP contribution is 2.36. The molecular weight excluding hydrogens is 603 g/mol. The molecule has 0 atom stereocenters. The number of rotatable bonds is 8. The van der Waals surface area contributed by atoms with Crippen molar-refractivity contribution in [1.82, 2.24) is 39.0 Å². The van der Waals surface area contributed by atoms with Crippen molar-refractivity contribution < 1.29 is 14.0 Å². The van der Waals surface area contributed by atoms with Crippen LogP contribution in [0.25, 0.3) is 38.9 Å². The van der Waals surface area contributed by atoms with Gasteiger partial charge in [0.05, 0.1) is 46.6 Å². The molecular formula is C34H31FN8O2S. The van der Waals surface area contributed by atoms with E-state index in [1.807, 2.05) is 49.3 Å². The van der Waals surface area contributed by atoms with Crippen molar-refractivity contribution in [3.63, 3.8) is 0 Å². The lowest BCUT2D eigenvalue weighted by molar-refractivity contribution is -0.132. The summed E-state index contributed by atoms with van der Waals surface area (Å²) in [5.74, 6) is -0.213. The van der Waals surface area contributed by atoms with E-state index in [2.05, 4.69) is 19.5 Å². The zero-order valence-electron chi connectivity index (χ0n) is 25.4. The maximum Gasteiger partial charge on any atom is 0.222 e. The molecule has 0 aliphatic carbocycles. The van der Waals surface area contributed by atoms with Crippen molar-refractivity contribution in [2.75, 3.05) is 13.1 Å². The molecule has 1 fully saturated rings. The molecule has 0 bridgehead atoms. The van der Waals surface area contributed by atoms with Crippen molar-refractivity contribution in [3.8, 4) is 33.2 Å². The number of thiazole rings is 1. The Hall–Kier alpha value is -5.10. The number of aromatic nitrogens is 7. The Morgan fingerprint density at radius 3 is 2.57 bits per heavy atom. The average Bonchev–Trinajstić information content (AvgIpc) is 3.81. The van der Waals surface area contributed by atoms with Gasteiger partial charge in [-0.3, -0.25) is 14.6 Å². The topological polar surface area (TPSA) is 111 Å². The van der Waals surface area contributed by atoms with Crippen LogP contribution in [0, 0.1) is 12.7 Å². The fourth-order valence-corrected chi connectivity index (χ4v) is 6.98. The van der Waals surface area contributed by atoms with Crippen molar-refractivity contribution in [3.05, 3.63) is 95.5 Å². The van der Waals surface area contributed by atoms with Gasteiger partial charge >= 0.3 is 0 Å². The van der Waals surface area contributed by atoms with Crippen LogP contribution in [0.4, 0.5) is 4.39 Å². The number of hydrogen-bond donors (Lipinski definition) is 0. The van der Waals surface area contributed by atoms with Crippen LogP contribution < -0.4 is 0 Å². The van der Waals surface area contributed by atoms with Gasteiger partial charge in [-0.05, 0) is 68.3 Å². The van der Waals surface area contributed by atoms with E-state index in [-0.39, 0.29) is 30.0 Å². The van der Waals surface area contributed by atoms with Crippen molar-refractivity contribution >= 4 is 28.7 Å². The van der Waals surface area contributed by atoms with Crippen LogP contribution in [0.15, 0.2) is 73.4 Å². The third-order valence-electron chi connectivity index (χ3n) is 8.34. The molecule has 0 radical (unpaired) electrons. The van der Waals surface area contributed by atoms with Gasteiger partial charge in [-0.25, -0.2) is 23.9 Å². The summed E-state index contributed by atoms with van der Waals surface area (Å²) in [4.78, 5) is 46.4. The van der Waals surface area contributed by atoms with Gasteiger partial charge in [-0.15, -0.1) is 11.3 Å². The third kappa shape index (κ3) is 5.71. The molecule has 0 unspecified atom stereocenters. The molecule has 0 spiro atoms. The van der Waals surface area contributed by atoms with Crippen LogP contribution in [0.1, 0.15) is 53.3 Å². The zero-order valence-corrected chi connectivity index (χ0v) is 26.2. The van der Waals surface area contributed by atoms with Crippen LogP contribution in [-0.4, -0.2) is 63.8 Å². The van der Waals surface area contributed by atoms with Crippen LogP contribution in [0.3, 0.4) is 0 Å². The highest BCUT2D eigenvalue weighted by atomic mass is 32.1. The summed E-state index contributed by atoms with van der Waals surface area (Å²) < 4.78 is 17.6. The number of piperidine rings is 1. The van der Waals surface area contributed by atoms with E-state index in [0.29, 0.717) is 52.8 Å². The molecule has 0 N–H and O–H groups in total. The molecule has 46 heavy (non-hydrogen) atoms. The Bertz CT molecular complexity index is 2040. The highest BCUT2D eigenvalue weighted by molar-refractivity contribution is 7.17. The van der Waals surface area contributed by atoms with Gasteiger partial charge in [0.25, 0.3) is 0 Å². The van der Waals surface area contributed by atoms with E-state index >= 15 is 0 Å². The monoisotopic (exact) mass is 634 g/mol. The van der Waals surface area contributed by atoms with E-state index < -0.39 is 0 Å². The van der Waals surface area contributed by atoms with E-state index in [4.69, 9.17) is 10.1 Å². The number of imidazole rings is 2. The van der Waals surface area contributed by atoms with E-state index in [1.54, 1.807) is 35.2 Å². The second kappa shape index (κ2) is 12.4. The van der Waals surface area contributed by atoms with Crippen molar-refractivity contribution in [1.29, 1.82) is 0 Å². The smallest absolute Gasteiger partial charge is 0.222 e. The summed E-state index contributed by atoms with van der Waals surface area (Å²) in [7, 11) is 0. The van der Waals surface area contributed by atoms with Crippen LogP contribution >= 0.6 is 11.3 Å². The summed E-state index contributed by atoms with van der Waals surface area (Å²) in [5.41, 5.74) is 5.73. The molecule has 1 aromatic carbocycles. The molecule has 6 aromatic rings. The molecule has 1 aliphatic rings. The van der Waals surface area contributed by atoms with Gasteiger partial charge in [0.15, 0.2) is 11.4 Å². The molecule has 1 aliphatic heterocycles. The fourth-order valence-electron chi connectivity index (χ4n) is 5.98. The predicted molar refractivity (Wildman–Crippen MR) is 173 cm³/mol. The van der Waals surface area contributed by atoms with Crippen molar-refractivity contribution in [2.45, 2.75) is 45.6 Å². The Kier molecular flexibility index (Phi) is 7.95. The number of hydrogen-bond acceptors (Lipinski definition) is 8. The number of fused-ring (bicyclic) bond motifs is 1. The highest BCUT2D eigenvalue weighted by Gasteiger charge is 2.27. The van der Waals surface area contributed by atoms with E-state index in [0.717, 1.165) is 34.7 Å². The summed E-state index contributed by atoms with van der Waals surface area (Å²) in [6, 6.07) is 13.9. The van der Waals surface area contributed by atoms with Gasteiger partial charge < -0.3 is 9.47 Å². The standard InChI is InChI=1S/C34H31FN8O2S/c1-3-30(45)41-15-12-26(13-16-41)42-20-37-31(22-6-8-24(35)9-7-22)32(42)27-10-11-29-39-25(19-43(29)40-27)17-28(44)33-21(2)38-34(46-33)23-5-4-14-36-18-23/h4-11,14,18-20,26H,3,12-13,15-17H2,1-2H3. The third-order valence-corrected chi connectivity index (χ3v) is 9.58. The maximum atomic E-state index is 13.8. The first kappa shape index (κ1) is 29.6. The van der Waals surface area contributed by atoms with Crippen LogP contribution in [-0.2, 0) is 11.2 Å². The van der Waals surface area contributed by atoms with Crippen LogP contribution in [0.2, 0.25) is 0 Å². The molecule has 0 saturated carbocycles. The van der Waals surface area contributed by atoms with Gasteiger partial charge in [0.2, 0.25) is 5.91 Å². The number of ketones is 1. The van der Waals surface area contributed by atoms with Gasteiger partial charge in [0.1, 0.15) is 16.5 Å². The molecule has 7 rings (SSSR count). The molecule has 10 nitrogen and oxygen atoms in total. The first-order valence-corrected chi connectivity index (χ1v) is 16.1. The Morgan fingerprint density at radius 1 is 1.02 bits per heavy atom. The van der Waals surface area contributed by atoms with Gasteiger partial charge in [-0.2, -0.15) is 5.10 Å². The number of benzene rings is 1. The van der Waals surface area contributed by atoms with E-state index in [9.17, 15) is 14.0 Å². The van der Waals surface area contributed by atoms with Gasteiger partial charge in [0, 0.05) is 49.1 Å². The number of Topliss-reactive ketones (excluding diaryl/α,β-unsaturated/α-hetero) is 1. The first-order valence-electron chi connectivity index (χ1n) is 15.2. The number of nitrogens with zero attached hydrogens (tertiary/aromatic N) is 8. The largest absolute Gasteiger partial charge is 0.343 e. The SMILES string of the molecule is CCC(=O)N1CCC(n2cnc(-c3ccc(F)cc3)c2-c2ccc3nc(CC(=O)c4sc(-c5cccnc5)nc4C)cn3n2)CC1. The minimum absolute atomic E-state index is 0.0571. The average molecular weight is 635 g/mol. The predicted octanol–water partition coefficient (Wildman–Crippen LogP) is 6.22.